The Labute approximate surface area is 90.2 Å². The molecule has 0 fully saturated rings. The Kier molecular flexibility index (Phi) is 3.74. The van der Waals surface area contributed by atoms with Crippen LogP contribution in [-0.4, -0.2) is 21.6 Å². The SMILES string of the molecule is CSc1nc(C(Cl)=NO)ccc1C#N. The van der Waals surface area contributed by atoms with E-state index in [1.54, 1.807) is 12.3 Å². The van der Waals surface area contributed by atoms with Gasteiger partial charge in [-0.05, 0) is 18.4 Å². The third-order valence-corrected chi connectivity index (χ3v) is 2.44. The molecule has 0 aliphatic heterocycles. The predicted molar refractivity (Wildman–Crippen MR) is 54.9 cm³/mol. The number of halogens is 1. The first-order valence-electron chi connectivity index (χ1n) is 3.56. The number of nitriles is 1. The topological polar surface area (TPSA) is 69.3 Å². The number of hydrogen-bond donors (Lipinski definition) is 1. The highest BCUT2D eigenvalue weighted by Gasteiger charge is 2.07. The van der Waals surface area contributed by atoms with E-state index in [1.165, 1.54) is 17.8 Å². The van der Waals surface area contributed by atoms with Gasteiger partial charge >= 0.3 is 0 Å². The van der Waals surface area contributed by atoms with Crippen LogP contribution in [0.5, 0.6) is 0 Å². The Bertz CT molecular complexity index is 414. The molecule has 0 spiro atoms. The predicted octanol–water partition coefficient (Wildman–Crippen LogP) is 2.05. The molecule has 14 heavy (non-hydrogen) atoms. The van der Waals surface area contributed by atoms with Crippen LogP contribution in [0, 0.1) is 11.3 Å². The van der Waals surface area contributed by atoms with Gasteiger partial charge in [-0.1, -0.05) is 16.8 Å². The summed E-state index contributed by atoms with van der Waals surface area (Å²) in [6.07, 6.45) is 1.80. The Balaban J connectivity index is 3.22. The highest BCUT2D eigenvalue weighted by molar-refractivity contribution is 7.98. The van der Waals surface area contributed by atoms with Crippen LogP contribution < -0.4 is 0 Å². The van der Waals surface area contributed by atoms with Crippen LogP contribution in [0.25, 0.3) is 0 Å². The Morgan fingerprint density at radius 1 is 1.71 bits per heavy atom. The molecule has 0 aromatic carbocycles. The Hall–Kier alpha value is -1.25. The molecule has 1 N–H and O–H groups in total. The van der Waals surface area contributed by atoms with Gasteiger partial charge in [-0.3, -0.25) is 0 Å². The molecule has 0 saturated heterocycles. The molecule has 0 aliphatic carbocycles. The summed E-state index contributed by atoms with van der Waals surface area (Å²) < 4.78 is 0. The van der Waals surface area contributed by atoms with Crippen LogP contribution in [0.2, 0.25) is 0 Å². The molecule has 1 heterocycles. The first-order valence-corrected chi connectivity index (χ1v) is 5.16. The summed E-state index contributed by atoms with van der Waals surface area (Å²) in [5.41, 5.74) is 0.821. The summed E-state index contributed by atoms with van der Waals surface area (Å²) >= 11 is 6.89. The number of pyridine rings is 1. The van der Waals surface area contributed by atoms with E-state index in [0.29, 0.717) is 16.3 Å². The van der Waals surface area contributed by atoms with Crippen molar-refractivity contribution in [3.63, 3.8) is 0 Å². The van der Waals surface area contributed by atoms with E-state index in [4.69, 9.17) is 22.1 Å². The maximum Gasteiger partial charge on any atom is 0.193 e. The van der Waals surface area contributed by atoms with Crippen molar-refractivity contribution in [3.8, 4) is 6.07 Å². The van der Waals surface area contributed by atoms with Crippen molar-refractivity contribution in [2.24, 2.45) is 5.16 Å². The normalized spacial score (nSPS) is 11.1. The van der Waals surface area contributed by atoms with E-state index in [2.05, 4.69) is 10.1 Å². The average Bonchev–Trinajstić information content (AvgIpc) is 2.26. The molecule has 0 unspecified atom stereocenters. The third kappa shape index (κ3) is 2.16. The van der Waals surface area contributed by atoms with E-state index in [-0.39, 0.29) is 5.17 Å². The molecule has 1 aromatic rings. The zero-order chi connectivity index (χ0) is 10.6. The van der Waals surface area contributed by atoms with Crippen LogP contribution in [0.1, 0.15) is 11.3 Å². The lowest BCUT2D eigenvalue weighted by Crippen LogP contribution is -1.98. The fraction of sp³-hybridized carbons (Fsp3) is 0.125. The van der Waals surface area contributed by atoms with Crippen LogP contribution in [-0.2, 0) is 0 Å². The highest BCUT2D eigenvalue weighted by atomic mass is 35.5. The van der Waals surface area contributed by atoms with E-state index in [9.17, 15) is 0 Å². The standard InChI is InChI=1S/C8H6ClN3OS/c1-14-8-5(4-10)2-3-6(11-8)7(9)12-13/h2-3,13H,1H3. The highest BCUT2D eigenvalue weighted by Crippen LogP contribution is 2.18. The van der Waals surface area contributed by atoms with Gasteiger partial charge in [-0.25, -0.2) is 4.98 Å². The smallest absolute Gasteiger partial charge is 0.193 e. The molecule has 1 rings (SSSR count). The summed E-state index contributed by atoms with van der Waals surface area (Å²) in [5.74, 6) is 0. The van der Waals surface area contributed by atoms with Gasteiger partial charge < -0.3 is 5.21 Å². The maximum absolute atomic E-state index is 8.72. The molecule has 72 valence electrons. The number of hydrogen-bond acceptors (Lipinski definition) is 5. The molecular weight excluding hydrogens is 222 g/mol. The second-order valence-electron chi connectivity index (χ2n) is 2.26. The van der Waals surface area contributed by atoms with Gasteiger partial charge in [-0.15, -0.1) is 11.8 Å². The van der Waals surface area contributed by atoms with Crippen LogP contribution in [0.3, 0.4) is 0 Å². The zero-order valence-electron chi connectivity index (χ0n) is 7.23. The van der Waals surface area contributed by atoms with Gasteiger partial charge in [0, 0.05) is 0 Å². The van der Waals surface area contributed by atoms with Gasteiger partial charge in [-0.2, -0.15) is 5.26 Å². The largest absolute Gasteiger partial charge is 0.410 e. The number of aromatic nitrogens is 1. The van der Waals surface area contributed by atoms with Crippen molar-refractivity contribution < 1.29 is 5.21 Å². The Morgan fingerprint density at radius 3 is 2.93 bits per heavy atom. The lowest BCUT2D eigenvalue weighted by atomic mass is 10.3. The fourth-order valence-corrected chi connectivity index (χ4v) is 1.48. The average molecular weight is 228 g/mol. The lowest BCUT2D eigenvalue weighted by Gasteiger charge is -2.01. The van der Waals surface area contributed by atoms with Crippen molar-refractivity contribution >= 4 is 28.5 Å². The van der Waals surface area contributed by atoms with E-state index < -0.39 is 0 Å². The minimum absolute atomic E-state index is 0.0928. The van der Waals surface area contributed by atoms with Gasteiger partial charge in [0.05, 0.1) is 5.56 Å². The van der Waals surface area contributed by atoms with Crippen LogP contribution >= 0.6 is 23.4 Å². The molecule has 4 nitrogen and oxygen atoms in total. The molecule has 6 heteroatoms. The summed E-state index contributed by atoms with van der Waals surface area (Å²) in [7, 11) is 0. The molecule has 0 amide bonds. The van der Waals surface area contributed by atoms with E-state index >= 15 is 0 Å². The minimum atomic E-state index is -0.0928. The van der Waals surface area contributed by atoms with Gasteiger partial charge in [0.15, 0.2) is 5.17 Å². The summed E-state index contributed by atoms with van der Waals surface area (Å²) in [5, 5.41) is 20.4. The van der Waals surface area contributed by atoms with Crippen molar-refractivity contribution in [3.05, 3.63) is 23.4 Å². The first kappa shape index (κ1) is 10.8. The molecule has 0 radical (unpaired) electrons. The fourth-order valence-electron chi connectivity index (χ4n) is 0.847. The van der Waals surface area contributed by atoms with Gasteiger partial charge in [0.2, 0.25) is 0 Å². The quantitative estimate of drug-likeness (QED) is 0.363. The number of oxime groups is 1. The van der Waals surface area contributed by atoms with Crippen molar-refractivity contribution in [1.82, 2.24) is 4.98 Å². The van der Waals surface area contributed by atoms with Crippen molar-refractivity contribution in [1.29, 1.82) is 5.26 Å². The molecule has 0 atom stereocenters. The van der Waals surface area contributed by atoms with Crippen molar-refractivity contribution in [2.45, 2.75) is 5.03 Å². The third-order valence-electron chi connectivity index (χ3n) is 1.47. The molecular formula is C8H6ClN3OS. The molecule has 0 saturated carbocycles. The van der Waals surface area contributed by atoms with Gasteiger partial charge in [0.1, 0.15) is 16.8 Å². The number of thioether (sulfide) groups is 1. The minimum Gasteiger partial charge on any atom is -0.410 e. The second-order valence-corrected chi connectivity index (χ2v) is 3.41. The van der Waals surface area contributed by atoms with E-state index in [0.717, 1.165) is 0 Å². The molecule has 1 aromatic heterocycles. The lowest BCUT2D eigenvalue weighted by molar-refractivity contribution is 0.320. The van der Waals surface area contributed by atoms with Crippen LogP contribution in [0.15, 0.2) is 22.3 Å². The van der Waals surface area contributed by atoms with Gasteiger partial charge in [0.25, 0.3) is 0 Å². The van der Waals surface area contributed by atoms with Crippen LogP contribution in [0.4, 0.5) is 0 Å². The zero-order valence-corrected chi connectivity index (χ0v) is 8.80. The van der Waals surface area contributed by atoms with Crippen molar-refractivity contribution in [2.75, 3.05) is 6.26 Å². The number of nitrogens with zero attached hydrogens (tertiary/aromatic N) is 3. The molecule has 0 bridgehead atoms. The first-order chi connectivity index (χ1) is 6.72. The monoisotopic (exact) mass is 227 g/mol. The summed E-state index contributed by atoms with van der Waals surface area (Å²) in [6.45, 7) is 0. The summed E-state index contributed by atoms with van der Waals surface area (Å²) in [6, 6.07) is 5.12. The molecule has 0 aliphatic rings. The second kappa shape index (κ2) is 4.84. The Morgan fingerprint density at radius 2 is 2.43 bits per heavy atom. The summed E-state index contributed by atoms with van der Waals surface area (Å²) in [4.78, 5) is 4.05. The van der Waals surface area contributed by atoms with E-state index in [1.807, 2.05) is 6.07 Å². The maximum atomic E-state index is 8.72. The number of rotatable bonds is 2.